The predicted molar refractivity (Wildman–Crippen MR) is 73.9 cm³/mol. The Bertz CT molecular complexity index is 498. The second kappa shape index (κ2) is 5.76. The van der Waals surface area contributed by atoms with Crippen LogP contribution in [0.5, 0.6) is 0 Å². The lowest BCUT2D eigenvalue weighted by Crippen LogP contribution is -2.18. The highest BCUT2D eigenvalue weighted by molar-refractivity contribution is 9.10. The minimum atomic E-state index is -0.138. The minimum Gasteiger partial charge on any atom is -0.312 e. The number of benzene rings is 1. The molecular formula is C13H13BrFNS. The number of hydrogen-bond donors (Lipinski definition) is 1. The lowest BCUT2D eigenvalue weighted by atomic mass is 10.0. The van der Waals surface area contributed by atoms with Crippen LogP contribution in [0.3, 0.4) is 0 Å². The molecule has 1 unspecified atom stereocenters. The van der Waals surface area contributed by atoms with Crippen LogP contribution in [-0.2, 0) is 6.42 Å². The van der Waals surface area contributed by atoms with Crippen LogP contribution < -0.4 is 5.32 Å². The van der Waals surface area contributed by atoms with Crippen molar-refractivity contribution < 1.29 is 4.39 Å². The molecule has 4 heteroatoms. The third-order valence-corrected chi connectivity index (χ3v) is 4.68. The molecule has 0 bridgehead atoms. The van der Waals surface area contributed by atoms with E-state index in [-0.39, 0.29) is 11.9 Å². The summed E-state index contributed by atoms with van der Waals surface area (Å²) in [7, 11) is 1.90. The normalized spacial score (nSPS) is 12.6. The van der Waals surface area contributed by atoms with Crippen molar-refractivity contribution in [3.63, 3.8) is 0 Å². The van der Waals surface area contributed by atoms with Crippen LogP contribution in [0.15, 0.2) is 40.2 Å². The smallest absolute Gasteiger partial charge is 0.126 e. The number of hydrogen-bond acceptors (Lipinski definition) is 2. The SMILES string of the molecule is CNC(Cc1ccccc1F)c1sccc1Br. The zero-order chi connectivity index (χ0) is 12.3. The van der Waals surface area contributed by atoms with E-state index in [4.69, 9.17) is 0 Å². The van der Waals surface area contributed by atoms with Gasteiger partial charge in [0.15, 0.2) is 0 Å². The fourth-order valence-electron chi connectivity index (χ4n) is 1.76. The average Bonchev–Trinajstić information content (AvgIpc) is 2.75. The van der Waals surface area contributed by atoms with Crippen LogP contribution in [0.2, 0.25) is 0 Å². The third kappa shape index (κ3) is 2.94. The van der Waals surface area contributed by atoms with Gasteiger partial charge in [-0.1, -0.05) is 18.2 Å². The molecule has 0 aliphatic heterocycles. The molecule has 1 aromatic carbocycles. The molecule has 1 nitrogen and oxygen atoms in total. The summed E-state index contributed by atoms with van der Waals surface area (Å²) in [5.74, 6) is -0.138. The van der Waals surface area contributed by atoms with Gasteiger partial charge in [0.25, 0.3) is 0 Å². The fourth-order valence-corrected chi connectivity index (χ4v) is 3.52. The number of halogens is 2. The van der Waals surface area contributed by atoms with Crippen molar-refractivity contribution in [2.45, 2.75) is 12.5 Å². The summed E-state index contributed by atoms with van der Waals surface area (Å²) in [6.07, 6.45) is 0.655. The fraction of sp³-hybridized carbons (Fsp3) is 0.231. The predicted octanol–water partition coefficient (Wildman–Crippen LogP) is 4.15. The zero-order valence-electron chi connectivity index (χ0n) is 9.41. The first-order valence-electron chi connectivity index (χ1n) is 5.36. The van der Waals surface area contributed by atoms with E-state index < -0.39 is 0 Å². The van der Waals surface area contributed by atoms with Gasteiger partial charge in [-0.05, 0) is 52.5 Å². The summed E-state index contributed by atoms with van der Waals surface area (Å²) >= 11 is 5.19. The van der Waals surface area contributed by atoms with Crippen LogP contribution in [0.1, 0.15) is 16.5 Å². The van der Waals surface area contributed by atoms with Crippen LogP contribution in [0, 0.1) is 5.82 Å². The van der Waals surface area contributed by atoms with Gasteiger partial charge in [-0.3, -0.25) is 0 Å². The van der Waals surface area contributed by atoms with Crippen molar-refractivity contribution >= 4 is 27.3 Å². The van der Waals surface area contributed by atoms with Crippen LogP contribution in [-0.4, -0.2) is 7.05 Å². The van der Waals surface area contributed by atoms with Crippen molar-refractivity contribution in [3.05, 3.63) is 56.4 Å². The van der Waals surface area contributed by atoms with Crippen molar-refractivity contribution in [3.8, 4) is 0 Å². The first-order chi connectivity index (χ1) is 8.22. The second-order valence-corrected chi connectivity index (χ2v) is 5.57. The molecule has 0 saturated carbocycles. The molecule has 0 aliphatic rings. The number of likely N-dealkylation sites (N-methyl/N-ethyl adjacent to an activating group) is 1. The maximum absolute atomic E-state index is 13.6. The van der Waals surface area contributed by atoms with Gasteiger partial charge in [0.1, 0.15) is 5.82 Å². The number of thiophene rings is 1. The summed E-state index contributed by atoms with van der Waals surface area (Å²) in [5, 5.41) is 5.27. The molecule has 1 N–H and O–H groups in total. The standard InChI is InChI=1S/C13H13BrFNS/c1-16-12(13-10(14)6-7-17-13)8-9-4-2-3-5-11(9)15/h2-7,12,16H,8H2,1H3. The Labute approximate surface area is 113 Å². The van der Waals surface area contributed by atoms with Crippen LogP contribution >= 0.6 is 27.3 Å². The minimum absolute atomic E-state index is 0.138. The first kappa shape index (κ1) is 12.7. The molecule has 0 amide bonds. The van der Waals surface area contributed by atoms with E-state index in [0.29, 0.717) is 6.42 Å². The monoisotopic (exact) mass is 313 g/mol. The van der Waals surface area contributed by atoms with Gasteiger partial charge in [-0.2, -0.15) is 0 Å². The quantitative estimate of drug-likeness (QED) is 0.894. The van der Waals surface area contributed by atoms with Gasteiger partial charge >= 0.3 is 0 Å². The summed E-state index contributed by atoms with van der Waals surface area (Å²) in [4.78, 5) is 1.20. The molecule has 0 aliphatic carbocycles. The van der Waals surface area contributed by atoms with Gasteiger partial charge in [-0.25, -0.2) is 4.39 Å². The highest BCUT2D eigenvalue weighted by Gasteiger charge is 2.16. The Kier molecular flexibility index (Phi) is 4.31. The topological polar surface area (TPSA) is 12.0 Å². The molecule has 0 saturated heterocycles. The number of nitrogens with one attached hydrogen (secondary N) is 1. The van der Waals surface area contributed by atoms with Gasteiger partial charge in [0.2, 0.25) is 0 Å². The zero-order valence-corrected chi connectivity index (χ0v) is 11.8. The summed E-state index contributed by atoms with van der Waals surface area (Å²) in [6, 6.07) is 9.09. The van der Waals surface area contributed by atoms with E-state index in [1.54, 1.807) is 17.4 Å². The molecule has 1 heterocycles. The second-order valence-electron chi connectivity index (χ2n) is 3.77. The van der Waals surface area contributed by atoms with Gasteiger partial charge < -0.3 is 5.32 Å². The molecule has 90 valence electrons. The Morgan fingerprint density at radius 3 is 2.71 bits per heavy atom. The molecule has 1 atom stereocenters. The summed E-state index contributed by atoms with van der Waals surface area (Å²) in [5.41, 5.74) is 0.743. The third-order valence-electron chi connectivity index (χ3n) is 2.69. The Morgan fingerprint density at radius 2 is 2.12 bits per heavy atom. The van der Waals surface area contributed by atoms with Crippen LogP contribution in [0.25, 0.3) is 0 Å². The van der Waals surface area contributed by atoms with E-state index in [9.17, 15) is 4.39 Å². The maximum atomic E-state index is 13.6. The molecule has 2 aromatic rings. The largest absolute Gasteiger partial charge is 0.312 e. The van der Waals surface area contributed by atoms with Crippen LogP contribution in [0.4, 0.5) is 4.39 Å². The number of rotatable bonds is 4. The molecule has 0 radical (unpaired) electrons. The van der Waals surface area contributed by atoms with Gasteiger partial charge in [-0.15, -0.1) is 11.3 Å². The molecule has 0 fully saturated rings. The van der Waals surface area contributed by atoms with Gasteiger partial charge in [0, 0.05) is 15.4 Å². The molecule has 1 aromatic heterocycles. The van der Waals surface area contributed by atoms with E-state index in [1.807, 2.05) is 30.6 Å². The molecule has 2 rings (SSSR count). The Balaban J connectivity index is 2.22. The highest BCUT2D eigenvalue weighted by atomic mass is 79.9. The lowest BCUT2D eigenvalue weighted by molar-refractivity contribution is 0.559. The molecular weight excluding hydrogens is 301 g/mol. The highest BCUT2D eigenvalue weighted by Crippen LogP contribution is 2.31. The van der Waals surface area contributed by atoms with E-state index >= 15 is 0 Å². The first-order valence-corrected chi connectivity index (χ1v) is 7.03. The van der Waals surface area contributed by atoms with E-state index in [2.05, 4.69) is 21.2 Å². The lowest BCUT2D eigenvalue weighted by Gasteiger charge is -2.15. The van der Waals surface area contributed by atoms with Gasteiger partial charge in [0.05, 0.1) is 0 Å². The molecule has 17 heavy (non-hydrogen) atoms. The summed E-state index contributed by atoms with van der Waals surface area (Å²) < 4.78 is 14.7. The van der Waals surface area contributed by atoms with Crippen molar-refractivity contribution in [1.82, 2.24) is 5.32 Å². The maximum Gasteiger partial charge on any atom is 0.126 e. The van der Waals surface area contributed by atoms with E-state index in [0.717, 1.165) is 10.0 Å². The Morgan fingerprint density at radius 1 is 1.35 bits per heavy atom. The molecule has 0 spiro atoms. The Hall–Kier alpha value is -0.710. The van der Waals surface area contributed by atoms with Crippen molar-refractivity contribution in [1.29, 1.82) is 0 Å². The van der Waals surface area contributed by atoms with Crippen molar-refractivity contribution in [2.24, 2.45) is 0 Å². The summed E-state index contributed by atoms with van der Waals surface area (Å²) in [6.45, 7) is 0. The average molecular weight is 314 g/mol. The van der Waals surface area contributed by atoms with E-state index in [1.165, 1.54) is 10.9 Å². The van der Waals surface area contributed by atoms with Crippen molar-refractivity contribution in [2.75, 3.05) is 7.05 Å².